The van der Waals surface area contributed by atoms with Crippen LogP contribution in [0.3, 0.4) is 0 Å². The molecular formula is C32H23NS. The Morgan fingerprint density at radius 3 is 2.35 bits per heavy atom. The lowest BCUT2D eigenvalue weighted by atomic mass is 9.85. The fourth-order valence-corrected chi connectivity index (χ4v) is 6.53. The van der Waals surface area contributed by atoms with E-state index in [0.29, 0.717) is 5.92 Å². The molecule has 1 aliphatic carbocycles. The van der Waals surface area contributed by atoms with Crippen LogP contribution in [0.5, 0.6) is 0 Å². The normalized spacial score (nSPS) is 15.1. The van der Waals surface area contributed by atoms with Crippen LogP contribution < -0.4 is 0 Å². The lowest BCUT2D eigenvalue weighted by Crippen LogP contribution is -2.02. The van der Waals surface area contributed by atoms with Gasteiger partial charge < -0.3 is 0 Å². The molecular weight excluding hydrogens is 430 g/mol. The zero-order chi connectivity index (χ0) is 22.5. The van der Waals surface area contributed by atoms with E-state index in [0.717, 1.165) is 23.4 Å². The number of aryl methyl sites for hydroxylation is 1. The van der Waals surface area contributed by atoms with Gasteiger partial charge in [-0.3, -0.25) is 0 Å². The van der Waals surface area contributed by atoms with E-state index < -0.39 is 0 Å². The second-order valence-electron chi connectivity index (χ2n) is 9.11. The highest BCUT2D eigenvalue weighted by Gasteiger charge is 2.26. The fraction of sp³-hybridized carbons (Fsp3) is 0.0938. The molecule has 0 radical (unpaired) electrons. The molecule has 34 heavy (non-hydrogen) atoms. The first-order chi connectivity index (χ1) is 16.8. The van der Waals surface area contributed by atoms with Gasteiger partial charge >= 0.3 is 0 Å². The van der Waals surface area contributed by atoms with Gasteiger partial charge in [-0.25, -0.2) is 4.98 Å². The summed E-state index contributed by atoms with van der Waals surface area (Å²) in [5, 5.41) is 3.73. The summed E-state index contributed by atoms with van der Waals surface area (Å²) in [5.74, 6) is 0.369. The van der Waals surface area contributed by atoms with Crippen LogP contribution in [-0.4, -0.2) is 4.98 Å². The van der Waals surface area contributed by atoms with Gasteiger partial charge in [0.25, 0.3) is 0 Å². The Morgan fingerprint density at radius 1 is 0.735 bits per heavy atom. The summed E-state index contributed by atoms with van der Waals surface area (Å²) >= 11 is 1.80. The monoisotopic (exact) mass is 453 g/mol. The molecule has 1 atom stereocenters. The topological polar surface area (TPSA) is 12.9 Å². The van der Waals surface area contributed by atoms with E-state index in [9.17, 15) is 0 Å². The van der Waals surface area contributed by atoms with Gasteiger partial charge in [-0.05, 0) is 63.6 Å². The van der Waals surface area contributed by atoms with E-state index in [1.165, 1.54) is 48.9 Å². The molecule has 1 unspecified atom stereocenters. The van der Waals surface area contributed by atoms with Crippen molar-refractivity contribution in [3.63, 3.8) is 0 Å². The largest absolute Gasteiger partial charge is 0.236 e. The molecule has 0 saturated carbocycles. The van der Waals surface area contributed by atoms with Crippen molar-refractivity contribution in [1.29, 1.82) is 0 Å². The number of rotatable bonds is 2. The Bertz CT molecular complexity index is 1650. The van der Waals surface area contributed by atoms with E-state index in [1.54, 1.807) is 11.3 Å². The molecule has 0 aliphatic heterocycles. The van der Waals surface area contributed by atoms with Gasteiger partial charge in [-0.1, -0.05) is 97.1 Å². The van der Waals surface area contributed by atoms with Gasteiger partial charge in [0.15, 0.2) is 0 Å². The minimum Gasteiger partial charge on any atom is -0.236 e. The Labute approximate surface area is 203 Å². The average molecular weight is 454 g/mol. The third-order valence-corrected chi connectivity index (χ3v) is 8.21. The van der Waals surface area contributed by atoms with Crippen LogP contribution in [-0.2, 0) is 6.42 Å². The standard InChI is InChI=1S/C32H23NS/c1-3-9-21(10-4-1)25-18-17-23-16-15-22-11-7-8-14-26(22)31(23)28-19-29-30(20-27(25)28)34-32(33-29)24-12-5-2-6-13-24/h1-16,19-20,25H,17-18H2. The molecule has 0 bridgehead atoms. The maximum Gasteiger partial charge on any atom is 0.124 e. The molecule has 0 N–H and O–H groups in total. The van der Waals surface area contributed by atoms with Crippen molar-refractivity contribution in [3.05, 3.63) is 126 Å². The van der Waals surface area contributed by atoms with Crippen molar-refractivity contribution in [3.8, 4) is 21.7 Å². The molecule has 1 nitrogen and oxygen atoms in total. The second-order valence-corrected chi connectivity index (χ2v) is 10.1. The number of benzene rings is 5. The van der Waals surface area contributed by atoms with Crippen LogP contribution in [0.1, 0.15) is 29.0 Å². The lowest BCUT2D eigenvalue weighted by Gasteiger charge is -2.19. The molecule has 2 heteroatoms. The summed E-state index contributed by atoms with van der Waals surface area (Å²) in [6.45, 7) is 0. The SMILES string of the molecule is c1ccc(-c2nc3cc4c(cc3s2)C(c2ccccc2)CCc2ccc3ccccc3c2-4)cc1. The number of thiazole rings is 1. The van der Waals surface area contributed by atoms with Crippen LogP contribution in [0, 0.1) is 0 Å². The minimum absolute atomic E-state index is 0.369. The van der Waals surface area contributed by atoms with Gasteiger partial charge in [0.2, 0.25) is 0 Å². The van der Waals surface area contributed by atoms with Crippen LogP contribution in [0.2, 0.25) is 0 Å². The van der Waals surface area contributed by atoms with E-state index in [4.69, 9.17) is 4.98 Å². The highest BCUT2D eigenvalue weighted by molar-refractivity contribution is 7.21. The Kier molecular flexibility index (Phi) is 4.59. The summed E-state index contributed by atoms with van der Waals surface area (Å²) in [6.07, 6.45) is 2.18. The molecule has 162 valence electrons. The number of aromatic nitrogens is 1. The highest BCUT2D eigenvalue weighted by Crippen LogP contribution is 2.46. The van der Waals surface area contributed by atoms with Crippen molar-refractivity contribution < 1.29 is 0 Å². The van der Waals surface area contributed by atoms with E-state index >= 15 is 0 Å². The van der Waals surface area contributed by atoms with Crippen molar-refractivity contribution >= 4 is 32.3 Å². The second kappa shape index (κ2) is 7.93. The van der Waals surface area contributed by atoms with Crippen LogP contribution in [0.15, 0.2) is 109 Å². The summed E-state index contributed by atoms with van der Waals surface area (Å²) in [4.78, 5) is 5.09. The zero-order valence-corrected chi connectivity index (χ0v) is 19.6. The fourth-order valence-electron chi connectivity index (χ4n) is 5.53. The first-order valence-electron chi connectivity index (χ1n) is 11.9. The van der Waals surface area contributed by atoms with Gasteiger partial charge in [-0.2, -0.15) is 0 Å². The molecule has 0 amide bonds. The van der Waals surface area contributed by atoms with Crippen LogP contribution in [0.4, 0.5) is 0 Å². The molecule has 1 aromatic heterocycles. The molecule has 6 aromatic rings. The molecule has 1 aliphatic rings. The summed E-state index contributed by atoms with van der Waals surface area (Å²) in [5.41, 5.74) is 9.28. The van der Waals surface area contributed by atoms with Crippen LogP contribution >= 0.6 is 11.3 Å². The van der Waals surface area contributed by atoms with Crippen molar-refractivity contribution in [2.24, 2.45) is 0 Å². The van der Waals surface area contributed by atoms with E-state index in [1.807, 2.05) is 0 Å². The Hall–Kier alpha value is -3.75. The van der Waals surface area contributed by atoms with Crippen molar-refractivity contribution in [1.82, 2.24) is 4.98 Å². The predicted octanol–water partition coefficient (Wildman–Crippen LogP) is 8.86. The first kappa shape index (κ1) is 19.7. The third-order valence-electron chi connectivity index (χ3n) is 7.14. The Balaban J connectivity index is 1.53. The number of hydrogen-bond acceptors (Lipinski definition) is 2. The Morgan fingerprint density at radius 2 is 1.50 bits per heavy atom. The maximum absolute atomic E-state index is 5.09. The molecule has 5 aromatic carbocycles. The zero-order valence-electron chi connectivity index (χ0n) is 18.7. The molecule has 7 rings (SSSR count). The minimum atomic E-state index is 0.369. The van der Waals surface area contributed by atoms with E-state index in [2.05, 4.69) is 109 Å². The predicted molar refractivity (Wildman–Crippen MR) is 145 cm³/mol. The number of fused-ring (bicyclic) bond motifs is 6. The number of hydrogen-bond donors (Lipinski definition) is 0. The summed E-state index contributed by atoms with van der Waals surface area (Å²) in [7, 11) is 0. The maximum atomic E-state index is 5.09. The first-order valence-corrected chi connectivity index (χ1v) is 12.7. The van der Waals surface area contributed by atoms with Gasteiger partial charge in [0.05, 0.1) is 10.2 Å². The van der Waals surface area contributed by atoms with Crippen molar-refractivity contribution in [2.45, 2.75) is 18.8 Å². The van der Waals surface area contributed by atoms with Crippen LogP contribution in [0.25, 0.3) is 42.7 Å². The van der Waals surface area contributed by atoms with Gasteiger partial charge in [0.1, 0.15) is 5.01 Å². The molecule has 0 saturated heterocycles. The number of nitrogens with zero attached hydrogens (tertiary/aromatic N) is 1. The van der Waals surface area contributed by atoms with Crippen molar-refractivity contribution in [2.75, 3.05) is 0 Å². The van der Waals surface area contributed by atoms with Gasteiger partial charge in [-0.15, -0.1) is 11.3 Å². The summed E-state index contributed by atoms with van der Waals surface area (Å²) < 4.78 is 1.27. The summed E-state index contributed by atoms with van der Waals surface area (Å²) in [6, 6.07) is 39.8. The van der Waals surface area contributed by atoms with E-state index in [-0.39, 0.29) is 0 Å². The molecule has 0 fully saturated rings. The lowest BCUT2D eigenvalue weighted by molar-refractivity contribution is 0.727. The third kappa shape index (κ3) is 3.18. The molecule has 1 heterocycles. The smallest absolute Gasteiger partial charge is 0.124 e. The highest BCUT2D eigenvalue weighted by atomic mass is 32.1. The molecule has 0 spiro atoms. The average Bonchev–Trinajstić information content (AvgIpc) is 3.25. The van der Waals surface area contributed by atoms with Gasteiger partial charge in [0, 0.05) is 11.5 Å². The quantitative estimate of drug-likeness (QED) is 0.255.